The van der Waals surface area contributed by atoms with Crippen LogP contribution in [0.1, 0.15) is 0 Å². The van der Waals surface area contributed by atoms with Gasteiger partial charge in [0.15, 0.2) is 0 Å². The van der Waals surface area contributed by atoms with Gasteiger partial charge < -0.3 is 5.32 Å². The molecule has 0 aliphatic carbocycles. The fourth-order valence-electron chi connectivity index (χ4n) is 2.06. The van der Waals surface area contributed by atoms with Crippen molar-refractivity contribution < 1.29 is 0 Å². The number of hydrogen-bond donors (Lipinski definition) is 2. The second-order valence-electron chi connectivity index (χ2n) is 4.49. The summed E-state index contributed by atoms with van der Waals surface area (Å²) < 4.78 is 1.09. The zero-order valence-corrected chi connectivity index (χ0v) is 11.1. The molecule has 0 atom stereocenters. The molecule has 2 aromatic carbocycles. The van der Waals surface area contributed by atoms with Crippen LogP contribution in [0.25, 0.3) is 5.69 Å². The molecule has 21 heavy (non-hydrogen) atoms. The minimum atomic E-state index is -0.480. The fraction of sp³-hybridized carbons (Fsp3) is 0. The Morgan fingerprint density at radius 1 is 0.857 bits per heavy atom. The standard InChI is InChI=1S/C16H13N3O2/c20-15-11-14(17-12-7-3-1-4-8-12)18-16(21)19(15)13-9-5-2-6-10-13/h1-11,17H,(H,18,21). The van der Waals surface area contributed by atoms with Gasteiger partial charge in [0.25, 0.3) is 5.56 Å². The molecule has 0 saturated carbocycles. The molecule has 5 heteroatoms. The SMILES string of the molecule is O=c1cc(Nc2ccccc2)[nH]c(=O)n1-c1ccccc1. The van der Waals surface area contributed by atoms with E-state index in [1.807, 2.05) is 36.4 Å². The van der Waals surface area contributed by atoms with Crippen molar-refractivity contribution >= 4 is 11.5 Å². The van der Waals surface area contributed by atoms with E-state index in [9.17, 15) is 9.59 Å². The molecule has 3 aromatic rings. The van der Waals surface area contributed by atoms with E-state index in [-0.39, 0.29) is 5.56 Å². The Kier molecular flexibility index (Phi) is 3.39. The second kappa shape index (κ2) is 5.50. The minimum absolute atomic E-state index is 0.364. The van der Waals surface area contributed by atoms with E-state index in [1.54, 1.807) is 24.3 Å². The van der Waals surface area contributed by atoms with Crippen molar-refractivity contribution in [3.05, 3.63) is 87.6 Å². The average molecular weight is 279 g/mol. The van der Waals surface area contributed by atoms with Gasteiger partial charge in [0.05, 0.1) is 5.69 Å². The first kappa shape index (κ1) is 12.9. The number of benzene rings is 2. The van der Waals surface area contributed by atoms with Crippen molar-refractivity contribution in [2.24, 2.45) is 0 Å². The van der Waals surface area contributed by atoms with Crippen LogP contribution in [0.4, 0.5) is 11.5 Å². The lowest BCUT2D eigenvalue weighted by molar-refractivity contribution is 0.879. The lowest BCUT2D eigenvalue weighted by Crippen LogP contribution is -2.33. The summed E-state index contributed by atoms with van der Waals surface area (Å²) in [6.07, 6.45) is 0. The highest BCUT2D eigenvalue weighted by atomic mass is 16.2. The van der Waals surface area contributed by atoms with E-state index in [1.165, 1.54) is 6.07 Å². The number of anilines is 2. The third-order valence-electron chi connectivity index (χ3n) is 3.00. The quantitative estimate of drug-likeness (QED) is 0.773. The Morgan fingerprint density at radius 3 is 2.10 bits per heavy atom. The Bertz CT molecular complexity index is 821. The number of nitrogens with zero attached hydrogens (tertiary/aromatic N) is 1. The maximum Gasteiger partial charge on any atom is 0.334 e. The molecule has 1 aromatic heterocycles. The van der Waals surface area contributed by atoms with Gasteiger partial charge >= 0.3 is 5.69 Å². The molecular weight excluding hydrogens is 266 g/mol. The number of rotatable bonds is 3. The zero-order chi connectivity index (χ0) is 14.7. The summed E-state index contributed by atoms with van der Waals surface area (Å²) in [6, 6.07) is 19.5. The van der Waals surface area contributed by atoms with E-state index in [0.29, 0.717) is 11.5 Å². The van der Waals surface area contributed by atoms with Gasteiger partial charge in [-0.15, -0.1) is 0 Å². The molecule has 2 N–H and O–H groups in total. The Balaban J connectivity index is 2.01. The largest absolute Gasteiger partial charge is 0.342 e. The summed E-state index contributed by atoms with van der Waals surface area (Å²) in [5.41, 5.74) is 0.468. The normalized spacial score (nSPS) is 10.3. The van der Waals surface area contributed by atoms with Crippen LogP contribution in [0.3, 0.4) is 0 Å². The van der Waals surface area contributed by atoms with Gasteiger partial charge in [-0.25, -0.2) is 9.36 Å². The van der Waals surface area contributed by atoms with E-state index < -0.39 is 5.69 Å². The molecule has 0 fully saturated rings. The van der Waals surface area contributed by atoms with Gasteiger partial charge in [0.2, 0.25) is 0 Å². The van der Waals surface area contributed by atoms with Crippen LogP contribution in [0.15, 0.2) is 76.3 Å². The molecule has 1 heterocycles. The Labute approximate surface area is 120 Å². The summed E-state index contributed by atoms with van der Waals surface area (Å²) in [5, 5.41) is 3.00. The van der Waals surface area contributed by atoms with Gasteiger partial charge in [0.1, 0.15) is 5.82 Å². The number of para-hydroxylation sites is 2. The molecule has 0 unspecified atom stereocenters. The van der Waals surface area contributed by atoms with Crippen molar-refractivity contribution in [1.82, 2.24) is 9.55 Å². The van der Waals surface area contributed by atoms with Gasteiger partial charge in [-0.2, -0.15) is 0 Å². The summed E-state index contributed by atoms with van der Waals surface area (Å²) in [4.78, 5) is 26.9. The van der Waals surface area contributed by atoms with Crippen LogP contribution in [-0.4, -0.2) is 9.55 Å². The van der Waals surface area contributed by atoms with Crippen molar-refractivity contribution in [2.75, 3.05) is 5.32 Å². The van der Waals surface area contributed by atoms with Crippen LogP contribution in [0, 0.1) is 0 Å². The van der Waals surface area contributed by atoms with Crippen molar-refractivity contribution in [3.8, 4) is 5.69 Å². The van der Waals surface area contributed by atoms with E-state index >= 15 is 0 Å². The molecule has 104 valence electrons. The van der Waals surface area contributed by atoms with Crippen molar-refractivity contribution in [3.63, 3.8) is 0 Å². The smallest absolute Gasteiger partial charge is 0.334 e. The highest BCUT2D eigenvalue weighted by Crippen LogP contribution is 2.11. The van der Waals surface area contributed by atoms with E-state index in [0.717, 1.165) is 10.3 Å². The maximum atomic E-state index is 12.2. The average Bonchev–Trinajstić information content (AvgIpc) is 2.49. The first-order valence-electron chi connectivity index (χ1n) is 6.48. The molecule has 0 bridgehead atoms. The fourth-order valence-corrected chi connectivity index (χ4v) is 2.06. The summed E-state index contributed by atoms with van der Waals surface area (Å²) >= 11 is 0. The molecule has 0 spiro atoms. The summed E-state index contributed by atoms with van der Waals surface area (Å²) in [6.45, 7) is 0. The lowest BCUT2D eigenvalue weighted by Gasteiger charge is -2.08. The van der Waals surface area contributed by atoms with Crippen LogP contribution in [-0.2, 0) is 0 Å². The van der Waals surface area contributed by atoms with Crippen LogP contribution < -0.4 is 16.6 Å². The molecule has 0 radical (unpaired) electrons. The monoisotopic (exact) mass is 279 g/mol. The third kappa shape index (κ3) is 2.76. The molecule has 5 nitrogen and oxygen atoms in total. The van der Waals surface area contributed by atoms with E-state index in [2.05, 4.69) is 10.3 Å². The van der Waals surface area contributed by atoms with E-state index in [4.69, 9.17) is 0 Å². The topological polar surface area (TPSA) is 66.9 Å². The number of aromatic nitrogens is 2. The Morgan fingerprint density at radius 2 is 1.48 bits per heavy atom. The van der Waals surface area contributed by atoms with Gasteiger partial charge in [-0.1, -0.05) is 36.4 Å². The van der Waals surface area contributed by atoms with Gasteiger partial charge in [-0.05, 0) is 24.3 Å². The lowest BCUT2D eigenvalue weighted by atomic mass is 10.3. The van der Waals surface area contributed by atoms with Gasteiger partial charge in [0, 0.05) is 11.8 Å². The molecule has 3 rings (SSSR count). The second-order valence-corrected chi connectivity index (χ2v) is 4.49. The highest BCUT2D eigenvalue weighted by Gasteiger charge is 2.06. The number of hydrogen-bond acceptors (Lipinski definition) is 3. The van der Waals surface area contributed by atoms with Crippen molar-refractivity contribution in [2.45, 2.75) is 0 Å². The highest BCUT2D eigenvalue weighted by molar-refractivity contribution is 5.55. The number of nitrogens with one attached hydrogen (secondary N) is 2. The molecular formula is C16H13N3O2. The molecule has 0 saturated heterocycles. The summed E-state index contributed by atoms with van der Waals surface area (Å²) in [5.74, 6) is 0.364. The molecule has 0 aliphatic heterocycles. The predicted molar refractivity (Wildman–Crippen MR) is 82.4 cm³/mol. The maximum absolute atomic E-state index is 12.2. The first-order valence-corrected chi connectivity index (χ1v) is 6.48. The molecule has 0 amide bonds. The number of H-pyrrole nitrogens is 1. The van der Waals surface area contributed by atoms with Crippen molar-refractivity contribution in [1.29, 1.82) is 0 Å². The summed E-state index contributed by atoms with van der Waals surface area (Å²) in [7, 11) is 0. The minimum Gasteiger partial charge on any atom is -0.342 e. The van der Waals surface area contributed by atoms with Crippen LogP contribution in [0.2, 0.25) is 0 Å². The van der Waals surface area contributed by atoms with Crippen LogP contribution >= 0.6 is 0 Å². The third-order valence-corrected chi connectivity index (χ3v) is 3.00. The first-order chi connectivity index (χ1) is 10.2. The predicted octanol–water partition coefficient (Wildman–Crippen LogP) is 2.27. The van der Waals surface area contributed by atoms with Crippen LogP contribution in [0.5, 0.6) is 0 Å². The zero-order valence-electron chi connectivity index (χ0n) is 11.1. The molecule has 0 aliphatic rings. The van der Waals surface area contributed by atoms with Gasteiger partial charge in [-0.3, -0.25) is 9.78 Å². The Hall–Kier alpha value is -3.08. The number of aromatic amines is 1.